The summed E-state index contributed by atoms with van der Waals surface area (Å²) in [7, 11) is 1.61. The second kappa shape index (κ2) is 7.53. The monoisotopic (exact) mass is 338 g/mol. The highest BCUT2D eigenvalue weighted by Gasteiger charge is 2.12. The van der Waals surface area contributed by atoms with Crippen LogP contribution in [0.5, 0.6) is 11.5 Å². The first-order valence-electron chi connectivity index (χ1n) is 7.74. The van der Waals surface area contributed by atoms with Crippen LogP contribution in [0.4, 0.5) is 5.82 Å². The Kier molecular flexibility index (Phi) is 4.99. The SMILES string of the molecule is COc1ccc(OCc2ccc(C(=O)Nc3cccc(C)n3)o2)cc1. The lowest BCUT2D eigenvalue weighted by molar-refractivity contribution is 0.0992. The van der Waals surface area contributed by atoms with E-state index >= 15 is 0 Å². The molecule has 25 heavy (non-hydrogen) atoms. The molecule has 0 aliphatic rings. The van der Waals surface area contributed by atoms with Gasteiger partial charge in [0.15, 0.2) is 5.76 Å². The second-order valence-corrected chi connectivity index (χ2v) is 5.35. The van der Waals surface area contributed by atoms with Crippen molar-refractivity contribution >= 4 is 11.7 Å². The molecular formula is C19H18N2O4. The summed E-state index contributed by atoms with van der Waals surface area (Å²) in [6.45, 7) is 2.08. The van der Waals surface area contributed by atoms with Gasteiger partial charge in [-0.15, -0.1) is 0 Å². The molecule has 1 amide bonds. The minimum atomic E-state index is -0.353. The molecule has 0 atom stereocenters. The van der Waals surface area contributed by atoms with E-state index in [9.17, 15) is 4.79 Å². The molecule has 1 N–H and O–H groups in total. The lowest BCUT2D eigenvalue weighted by atomic mass is 10.3. The van der Waals surface area contributed by atoms with Gasteiger partial charge in [0.05, 0.1) is 7.11 Å². The lowest BCUT2D eigenvalue weighted by Gasteiger charge is -2.05. The Morgan fingerprint density at radius 1 is 1.08 bits per heavy atom. The molecule has 1 aromatic carbocycles. The summed E-state index contributed by atoms with van der Waals surface area (Å²) in [5.41, 5.74) is 0.825. The third-order valence-corrected chi connectivity index (χ3v) is 3.46. The van der Waals surface area contributed by atoms with E-state index < -0.39 is 0 Å². The first kappa shape index (κ1) is 16.6. The predicted molar refractivity (Wildman–Crippen MR) is 93.0 cm³/mol. The summed E-state index contributed by atoms with van der Waals surface area (Å²) in [5, 5.41) is 2.70. The number of furan rings is 1. The van der Waals surface area contributed by atoms with Gasteiger partial charge in [0.2, 0.25) is 0 Å². The number of methoxy groups -OCH3 is 1. The zero-order valence-corrected chi connectivity index (χ0v) is 14.0. The number of benzene rings is 1. The third kappa shape index (κ3) is 4.38. The average molecular weight is 338 g/mol. The second-order valence-electron chi connectivity index (χ2n) is 5.35. The molecule has 6 heteroatoms. The van der Waals surface area contributed by atoms with Crippen LogP contribution in [0.2, 0.25) is 0 Å². The maximum atomic E-state index is 12.2. The Hall–Kier alpha value is -3.28. The number of hydrogen-bond acceptors (Lipinski definition) is 5. The van der Waals surface area contributed by atoms with Crippen LogP contribution in [0.3, 0.4) is 0 Å². The summed E-state index contributed by atoms with van der Waals surface area (Å²) in [4.78, 5) is 16.4. The summed E-state index contributed by atoms with van der Waals surface area (Å²) in [6.07, 6.45) is 0. The Balaban J connectivity index is 1.58. The highest BCUT2D eigenvalue weighted by molar-refractivity contribution is 6.01. The van der Waals surface area contributed by atoms with Crippen molar-refractivity contribution in [1.29, 1.82) is 0 Å². The fraction of sp³-hybridized carbons (Fsp3) is 0.158. The van der Waals surface area contributed by atoms with Crippen LogP contribution in [0.1, 0.15) is 22.0 Å². The number of nitrogens with one attached hydrogen (secondary N) is 1. The Labute approximate surface area is 145 Å². The molecular weight excluding hydrogens is 320 g/mol. The molecule has 0 radical (unpaired) electrons. The summed E-state index contributed by atoms with van der Waals surface area (Å²) < 4.78 is 16.2. The topological polar surface area (TPSA) is 73.6 Å². The quantitative estimate of drug-likeness (QED) is 0.739. The van der Waals surface area contributed by atoms with Gasteiger partial charge in [-0.25, -0.2) is 4.98 Å². The molecule has 0 bridgehead atoms. The van der Waals surface area contributed by atoms with E-state index in [1.165, 1.54) is 0 Å². The number of rotatable bonds is 6. The van der Waals surface area contributed by atoms with Gasteiger partial charge in [0, 0.05) is 5.69 Å². The number of nitrogens with zero attached hydrogens (tertiary/aromatic N) is 1. The predicted octanol–water partition coefficient (Wildman–Crippen LogP) is 3.82. The van der Waals surface area contributed by atoms with Crippen LogP contribution in [-0.4, -0.2) is 18.0 Å². The Morgan fingerprint density at radius 3 is 2.56 bits per heavy atom. The van der Waals surface area contributed by atoms with Gasteiger partial charge >= 0.3 is 0 Å². The van der Waals surface area contributed by atoms with E-state index in [0.29, 0.717) is 17.3 Å². The van der Waals surface area contributed by atoms with E-state index in [-0.39, 0.29) is 18.3 Å². The molecule has 0 unspecified atom stereocenters. The standard InChI is InChI=1S/C19H18N2O4/c1-13-4-3-5-18(20-13)21-19(22)17-11-10-16(25-17)12-24-15-8-6-14(23-2)7-9-15/h3-11H,12H2,1-2H3,(H,20,21,22). The normalized spacial score (nSPS) is 10.3. The zero-order chi connectivity index (χ0) is 17.6. The first-order chi connectivity index (χ1) is 12.1. The van der Waals surface area contributed by atoms with Gasteiger partial charge in [-0.1, -0.05) is 6.07 Å². The first-order valence-corrected chi connectivity index (χ1v) is 7.74. The number of amides is 1. The van der Waals surface area contributed by atoms with Crippen LogP contribution < -0.4 is 14.8 Å². The van der Waals surface area contributed by atoms with Crippen molar-refractivity contribution in [1.82, 2.24) is 4.98 Å². The molecule has 3 aromatic rings. The van der Waals surface area contributed by atoms with Gasteiger partial charge in [-0.05, 0) is 55.5 Å². The molecule has 2 aromatic heterocycles. The van der Waals surface area contributed by atoms with Gasteiger partial charge in [0.1, 0.15) is 29.7 Å². The molecule has 128 valence electrons. The highest BCUT2D eigenvalue weighted by Crippen LogP contribution is 2.19. The molecule has 2 heterocycles. The highest BCUT2D eigenvalue weighted by atomic mass is 16.5. The largest absolute Gasteiger partial charge is 0.497 e. The number of anilines is 1. The fourth-order valence-electron chi connectivity index (χ4n) is 2.19. The van der Waals surface area contributed by atoms with Crippen LogP contribution in [0, 0.1) is 6.92 Å². The summed E-state index contributed by atoms with van der Waals surface area (Å²) >= 11 is 0. The Morgan fingerprint density at radius 2 is 1.84 bits per heavy atom. The maximum Gasteiger partial charge on any atom is 0.292 e. The van der Waals surface area contributed by atoms with Gasteiger partial charge < -0.3 is 19.2 Å². The van der Waals surface area contributed by atoms with Gasteiger partial charge in [-0.3, -0.25) is 4.79 Å². The van der Waals surface area contributed by atoms with E-state index in [1.807, 2.05) is 31.2 Å². The van der Waals surface area contributed by atoms with Crippen LogP contribution in [0.15, 0.2) is 59.0 Å². The van der Waals surface area contributed by atoms with Crippen molar-refractivity contribution in [3.05, 3.63) is 71.8 Å². The van der Waals surface area contributed by atoms with Crippen molar-refractivity contribution in [2.45, 2.75) is 13.5 Å². The minimum absolute atomic E-state index is 0.205. The third-order valence-electron chi connectivity index (χ3n) is 3.46. The minimum Gasteiger partial charge on any atom is -0.497 e. The molecule has 3 rings (SSSR count). The fourth-order valence-corrected chi connectivity index (χ4v) is 2.19. The lowest BCUT2D eigenvalue weighted by Crippen LogP contribution is -2.12. The van der Waals surface area contributed by atoms with E-state index in [0.717, 1.165) is 11.4 Å². The number of carbonyl (C=O) groups excluding carboxylic acids is 1. The number of aromatic nitrogens is 1. The van der Waals surface area contributed by atoms with Crippen molar-refractivity contribution in [2.24, 2.45) is 0 Å². The number of hydrogen-bond donors (Lipinski definition) is 1. The molecule has 6 nitrogen and oxygen atoms in total. The number of ether oxygens (including phenoxy) is 2. The van der Waals surface area contributed by atoms with Gasteiger partial charge in [-0.2, -0.15) is 0 Å². The Bertz CT molecular complexity index is 856. The molecule has 0 fully saturated rings. The average Bonchev–Trinajstić information content (AvgIpc) is 3.09. The molecule has 0 saturated heterocycles. The molecule has 0 aliphatic heterocycles. The van der Waals surface area contributed by atoms with Crippen molar-refractivity contribution in [2.75, 3.05) is 12.4 Å². The smallest absolute Gasteiger partial charge is 0.292 e. The van der Waals surface area contributed by atoms with Crippen molar-refractivity contribution in [3.63, 3.8) is 0 Å². The number of pyridine rings is 1. The zero-order valence-electron chi connectivity index (χ0n) is 14.0. The van der Waals surface area contributed by atoms with Crippen LogP contribution >= 0.6 is 0 Å². The number of aryl methyl sites for hydroxylation is 1. The molecule has 0 spiro atoms. The van der Waals surface area contributed by atoms with Crippen LogP contribution in [0.25, 0.3) is 0 Å². The van der Waals surface area contributed by atoms with Crippen molar-refractivity contribution < 1.29 is 18.7 Å². The summed E-state index contributed by atoms with van der Waals surface area (Å²) in [5.74, 6) is 2.34. The maximum absolute atomic E-state index is 12.2. The number of carbonyl (C=O) groups is 1. The molecule has 0 saturated carbocycles. The van der Waals surface area contributed by atoms with Crippen LogP contribution in [-0.2, 0) is 6.61 Å². The van der Waals surface area contributed by atoms with E-state index in [1.54, 1.807) is 37.4 Å². The molecule has 0 aliphatic carbocycles. The van der Waals surface area contributed by atoms with Crippen molar-refractivity contribution in [3.8, 4) is 11.5 Å². The van der Waals surface area contributed by atoms with Gasteiger partial charge in [0.25, 0.3) is 5.91 Å². The van der Waals surface area contributed by atoms with E-state index in [2.05, 4.69) is 10.3 Å². The summed E-state index contributed by atoms with van der Waals surface area (Å²) in [6, 6.07) is 16.0. The van der Waals surface area contributed by atoms with E-state index in [4.69, 9.17) is 13.9 Å².